The molecule has 0 aromatic heterocycles. The predicted molar refractivity (Wildman–Crippen MR) is 92.7 cm³/mol. The van der Waals surface area contributed by atoms with Gasteiger partial charge < -0.3 is 19.9 Å². The highest BCUT2D eigenvalue weighted by molar-refractivity contribution is 9.10. The van der Waals surface area contributed by atoms with Crippen molar-refractivity contribution in [1.82, 2.24) is 10.7 Å². The standard InChI is InChI=1S/C14H18BrN3O3S/c1-20-12-6-10(15)5-9(13(12)19)7-17-18-14(22)16-8-11-3-2-4-21-11/h5-7,11,19H,2-4,8H2,1H3,(H2,16,18,22)/b17-7+/t11-/m1/s1. The summed E-state index contributed by atoms with van der Waals surface area (Å²) in [6.45, 7) is 1.48. The summed E-state index contributed by atoms with van der Waals surface area (Å²) in [6.07, 6.45) is 3.82. The first-order valence-electron chi connectivity index (χ1n) is 6.85. The fourth-order valence-corrected chi connectivity index (χ4v) is 2.65. The number of hydrogen-bond acceptors (Lipinski definition) is 5. The number of thiocarbonyl (C=S) groups is 1. The number of halogens is 1. The summed E-state index contributed by atoms with van der Waals surface area (Å²) in [5, 5.41) is 17.5. The Hall–Kier alpha value is -1.38. The molecular formula is C14H18BrN3O3S. The van der Waals surface area contributed by atoms with Crippen molar-refractivity contribution in [1.29, 1.82) is 0 Å². The van der Waals surface area contributed by atoms with Crippen LogP contribution < -0.4 is 15.5 Å². The van der Waals surface area contributed by atoms with Gasteiger partial charge in [-0.05, 0) is 37.2 Å². The quantitative estimate of drug-likeness (QED) is 0.408. The number of phenols is 1. The van der Waals surface area contributed by atoms with Gasteiger partial charge in [0.05, 0.1) is 19.4 Å². The van der Waals surface area contributed by atoms with E-state index in [2.05, 4.69) is 31.8 Å². The van der Waals surface area contributed by atoms with E-state index in [4.69, 9.17) is 21.7 Å². The lowest BCUT2D eigenvalue weighted by Gasteiger charge is -2.11. The molecule has 1 aliphatic rings. The van der Waals surface area contributed by atoms with Crippen molar-refractivity contribution in [3.05, 3.63) is 22.2 Å². The second-order valence-corrected chi connectivity index (χ2v) is 6.08. The first-order valence-corrected chi connectivity index (χ1v) is 8.05. The monoisotopic (exact) mass is 387 g/mol. The van der Waals surface area contributed by atoms with Crippen molar-refractivity contribution in [3.8, 4) is 11.5 Å². The fraction of sp³-hybridized carbons (Fsp3) is 0.429. The van der Waals surface area contributed by atoms with E-state index in [1.165, 1.54) is 13.3 Å². The summed E-state index contributed by atoms with van der Waals surface area (Å²) in [5.41, 5.74) is 3.22. The smallest absolute Gasteiger partial charge is 0.187 e. The third-order valence-corrected chi connectivity index (χ3v) is 3.87. The van der Waals surface area contributed by atoms with E-state index in [-0.39, 0.29) is 11.9 Å². The molecule has 2 rings (SSSR count). The highest BCUT2D eigenvalue weighted by Gasteiger charge is 2.15. The zero-order chi connectivity index (χ0) is 15.9. The highest BCUT2D eigenvalue weighted by atomic mass is 79.9. The number of phenolic OH excluding ortho intramolecular Hbond substituents is 1. The lowest BCUT2D eigenvalue weighted by atomic mass is 10.2. The third-order valence-electron chi connectivity index (χ3n) is 3.17. The largest absolute Gasteiger partial charge is 0.504 e. The summed E-state index contributed by atoms with van der Waals surface area (Å²) >= 11 is 8.47. The van der Waals surface area contributed by atoms with Crippen LogP contribution in [0.5, 0.6) is 11.5 Å². The Bertz CT molecular complexity index is 563. The highest BCUT2D eigenvalue weighted by Crippen LogP contribution is 2.32. The molecule has 22 heavy (non-hydrogen) atoms. The molecule has 6 nitrogen and oxygen atoms in total. The number of rotatable bonds is 5. The van der Waals surface area contributed by atoms with Crippen LogP contribution in [0.4, 0.5) is 0 Å². The molecule has 1 heterocycles. The Labute approximate surface area is 143 Å². The minimum absolute atomic E-state index is 0.0227. The van der Waals surface area contributed by atoms with Crippen LogP contribution in [0.15, 0.2) is 21.7 Å². The number of nitrogens with one attached hydrogen (secondary N) is 2. The fourth-order valence-electron chi connectivity index (χ4n) is 2.06. The summed E-state index contributed by atoms with van der Waals surface area (Å²) in [4.78, 5) is 0. The van der Waals surface area contributed by atoms with Gasteiger partial charge in [-0.3, -0.25) is 5.43 Å². The molecule has 0 unspecified atom stereocenters. The molecule has 1 aromatic carbocycles. The van der Waals surface area contributed by atoms with Crippen molar-refractivity contribution in [2.24, 2.45) is 5.10 Å². The first-order chi connectivity index (χ1) is 10.6. The van der Waals surface area contributed by atoms with Crippen LogP contribution >= 0.6 is 28.1 Å². The van der Waals surface area contributed by atoms with Crippen molar-refractivity contribution in [3.63, 3.8) is 0 Å². The average Bonchev–Trinajstić information content (AvgIpc) is 3.01. The summed E-state index contributed by atoms with van der Waals surface area (Å²) in [7, 11) is 1.49. The minimum atomic E-state index is 0.0227. The van der Waals surface area contributed by atoms with Crippen LogP contribution in [-0.2, 0) is 4.74 Å². The topological polar surface area (TPSA) is 75.1 Å². The van der Waals surface area contributed by atoms with Gasteiger partial charge >= 0.3 is 0 Å². The zero-order valence-electron chi connectivity index (χ0n) is 12.1. The first kappa shape index (κ1) is 17.0. The molecule has 1 fully saturated rings. The molecule has 0 aliphatic carbocycles. The molecule has 120 valence electrons. The number of hydrazone groups is 1. The number of aromatic hydroxyl groups is 1. The molecule has 1 saturated heterocycles. The van der Waals surface area contributed by atoms with E-state index in [0.29, 0.717) is 23.0 Å². The van der Waals surface area contributed by atoms with E-state index in [1.54, 1.807) is 12.1 Å². The lowest BCUT2D eigenvalue weighted by Crippen LogP contribution is -2.37. The van der Waals surface area contributed by atoms with Gasteiger partial charge in [0.25, 0.3) is 0 Å². The zero-order valence-corrected chi connectivity index (χ0v) is 14.5. The predicted octanol–water partition coefficient (Wildman–Crippen LogP) is 2.14. The van der Waals surface area contributed by atoms with E-state index in [1.807, 2.05) is 0 Å². The SMILES string of the molecule is COc1cc(Br)cc(/C=N/NC(=S)NC[C@H]2CCCO2)c1O. The number of ether oxygens (including phenoxy) is 2. The van der Waals surface area contributed by atoms with Crippen LogP contribution in [0.25, 0.3) is 0 Å². The Kier molecular flexibility index (Phi) is 6.41. The second-order valence-electron chi connectivity index (χ2n) is 4.76. The normalized spacial score (nSPS) is 17.6. The van der Waals surface area contributed by atoms with E-state index in [0.717, 1.165) is 23.9 Å². The Morgan fingerprint density at radius 2 is 2.45 bits per heavy atom. The molecule has 8 heteroatoms. The van der Waals surface area contributed by atoms with Gasteiger partial charge in [-0.1, -0.05) is 15.9 Å². The van der Waals surface area contributed by atoms with Gasteiger partial charge in [0, 0.05) is 23.2 Å². The number of hydrogen-bond donors (Lipinski definition) is 3. The molecule has 1 atom stereocenters. The van der Waals surface area contributed by atoms with Gasteiger partial charge in [0.15, 0.2) is 16.6 Å². The Morgan fingerprint density at radius 1 is 1.64 bits per heavy atom. The maximum atomic E-state index is 10.00. The molecule has 1 aromatic rings. The Morgan fingerprint density at radius 3 is 3.14 bits per heavy atom. The van der Waals surface area contributed by atoms with Crippen LogP contribution in [0.3, 0.4) is 0 Å². The molecule has 0 radical (unpaired) electrons. The van der Waals surface area contributed by atoms with Crippen LogP contribution in [-0.4, -0.2) is 42.8 Å². The number of methoxy groups -OCH3 is 1. The minimum Gasteiger partial charge on any atom is -0.504 e. The average molecular weight is 388 g/mol. The van der Waals surface area contributed by atoms with Gasteiger partial charge in [-0.15, -0.1) is 0 Å². The number of benzene rings is 1. The van der Waals surface area contributed by atoms with Gasteiger partial charge in [0.1, 0.15) is 0 Å². The van der Waals surface area contributed by atoms with E-state index >= 15 is 0 Å². The van der Waals surface area contributed by atoms with E-state index < -0.39 is 0 Å². The van der Waals surface area contributed by atoms with Crippen LogP contribution in [0.1, 0.15) is 18.4 Å². The van der Waals surface area contributed by atoms with Crippen molar-refractivity contribution >= 4 is 39.5 Å². The summed E-state index contributed by atoms with van der Waals surface area (Å²) < 4.78 is 11.3. The van der Waals surface area contributed by atoms with Gasteiger partial charge in [-0.25, -0.2) is 0 Å². The van der Waals surface area contributed by atoms with Crippen LogP contribution in [0, 0.1) is 0 Å². The summed E-state index contributed by atoms with van der Waals surface area (Å²) in [6, 6.07) is 3.40. The van der Waals surface area contributed by atoms with Crippen molar-refractivity contribution in [2.45, 2.75) is 18.9 Å². The molecular weight excluding hydrogens is 370 g/mol. The van der Waals surface area contributed by atoms with Gasteiger partial charge in [0.2, 0.25) is 0 Å². The molecule has 1 aliphatic heterocycles. The number of nitrogens with zero attached hydrogens (tertiary/aromatic N) is 1. The third kappa shape index (κ3) is 4.82. The lowest BCUT2D eigenvalue weighted by molar-refractivity contribution is 0.114. The van der Waals surface area contributed by atoms with Crippen LogP contribution in [0.2, 0.25) is 0 Å². The maximum absolute atomic E-state index is 10.00. The van der Waals surface area contributed by atoms with Gasteiger partial charge in [-0.2, -0.15) is 5.10 Å². The maximum Gasteiger partial charge on any atom is 0.187 e. The van der Waals surface area contributed by atoms with Crippen molar-refractivity contribution in [2.75, 3.05) is 20.3 Å². The summed E-state index contributed by atoms with van der Waals surface area (Å²) in [5.74, 6) is 0.393. The molecule has 0 spiro atoms. The Balaban J connectivity index is 1.86. The second kappa shape index (κ2) is 8.30. The van der Waals surface area contributed by atoms with E-state index in [9.17, 15) is 5.11 Å². The molecule has 0 saturated carbocycles. The molecule has 0 amide bonds. The molecule has 0 bridgehead atoms. The molecule has 3 N–H and O–H groups in total. The van der Waals surface area contributed by atoms with Crippen molar-refractivity contribution < 1.29 is 14.6 Å².